The minimum absolute atomic E-state index is 0.209. The molecule has 0 aliphatic carbocycles. The molecule has 0 radical (unpaired) electrons. The van der Waals surface area contributed by atoms with E-state index in [2.05, 4.69) is 4.90 Å². The second-order valence-electron chi connectivity index (χ2n) is 6.20. The predicted molar refractivity (Wildman–Crippen MR) is 76.5 cm³/mol. The molecule has 0 saturated carbocycles. The second kappa shape index (κ2) is 6.57. The van der Waals surface area contributed by atoms with Gasteiger partial charge in [0.25, 0.3) is 0 Å². The molecule has 0 aromatic heterocycles. The average molecular weight is 282 g/mol. The molecule has 20 heavy (non-hydrogen) atoms. The summed E-state index contributed by atoms with van der Waals surface area (Å²) in [4.78, 5) is 27.7. The molecular formula is C15H26N2O3. The SMILES string of the molecule is CCCC1(C(=O)O)CCN(CC(=O)N2CCCC2)CC1. The van der Waals surface area contributed by atoms with Crippen molar-refractivity contribution < 1.29 is 14.7 Å². The zero-order valence-electron chi connectivity index (χ0n) is 12.4. The molecule has 0 bridgehead atoms. The normalized spacial score (nSPS) is 22.9. The van der Waals surface area contributed by atoms with Crippen molar-refractivity contribution in [3.8, 4) is 0 Å². The molecule has 0 spiro atoms. The summed E-state index contributed by atoms with van der Waals surface area (Å²) in [5.74, 6) is -0.453. The van der Waals surface area contributed by atoms with E-state index in [1.807, 2.05) is 11.8 Å². The van der Waals surface area contributed by atoms with Crippen molar-refractivity contribution in [1.29, 1.82) is 0 Å². The maximum absolute atomic E-state index is 12.1. The number of carboxylic acid groups (broad SMARTS) is 1. The number of hydrogen-bond acceptors (Lipinski definition) is 3. The van der Waals surface area contributed by atoms with E-state index in [1.165, 1.54) is 0 Å². The van der Waals surface area contributed by atoms with Crippen LogP contribution in [0.4, 0.5) is 0 Å². The van der Waals surface area contributed by atoms with E-state index in [4.69, 9.17) is 0 Å². The van der Waals surface area contributed by atoms with Crippen LogP contribution in [-0.4, -0.2) is 59.5 Å². The highest BCUT2D eigenvalue weighted by atomic mass is 16.4. The summed E-state index contributed by atoms with van der Waals surface area (Å²) in [6, 6.07) is 0. The number of carbonyl (C=O) groups is 2. The number of rotatable bonds is 5. The van der Waals surface area contributed by atoms with E-state index in [1.54, 1.807) is 0 Å². The van der Waals surface area contributed by atoms with Crippen molar-refractivity contribution in [3.05, 3.63) is 0 Å². The van der Waals surface area contributed by atoms with Gasteiger partial charge in [0.05, 0.1) is 12.0 Å². The summed E-state index contributed by atoms with van der Waals surface area (Å²) in [7, 11) is 0. The van der Waals surface area contributed by atoms with Crippen LogP contribution >= 0.6 is 0 Å². The molecule has 2 heterocycles. The van der Waals surface area contributed by atoms with Gasteiger partial charge in [-0.15, -0.1) is 0 Å². The smallest absolute Gasteiger partial charge is 0.309 e. The minimum atomic E-state index is -0.662. The molecule has 0 atom stereocenters. The van der Waals surface area contributed by atoms with Gasteiger partial charge in [-0.3, -0.25) is 14.5 Å². The first-order chi connectivity index (χ1) is 9.57. The summed E-state index contributed by atoms with van der Waals surface area (Å²) in [6.07, 6.45) is 5.22. The zero-order chi connectivity index (χ0) is 14.6. The molecule has 1 N–H and O–H groups in total. The number of carbonyl (C=O) groups excluding carboxylic acids is 1. The first kappa shape index (κ1) is 15.3. The Balaban J connectivity index is 1.84. The molecule has 0 aromatic rings. The summed E-state index contributed by atoms with van der Waals surface area (Å²) in [6.45, 7) is 5.73. The highest BCUT2D eigenvalue weighted by molar-refractivity contribution is 5.78. The Bertz CT molecular complexity index is 356. The van der Waals surface area contributed by atoms with E-state index in [0.717, 1.165) is 51.9 Å². The Kier molecular flexibility index (Phi) is 5.02. The molecule has 5 heteroatoms. The van der Waals surface area contributed by atoms with E-state index in [-0.39, 0.29) is 5.91 Å². The Hall–Kier alpha value is -1.10. The van der Waals surface area contributed by atoms with Crippen LogP contribution in [0.25, 0.3) is 0 Å². The molecule has 2 aliphatic rings. The van der Waals surface area contributed by atoms with Crippen LogP contribution in [0.1, 0.15) is 45.4 Å². The first-order valence-electron chi connectivity index (χ1n) is 7.81. The van der Waals surface area contributed by atoms with Gasteiger partial charge in [-0.2, -0.15) is 0 Å². The lowest BCUT2D eigenvalue weighted by atomic mass is 9.75. The van der Waals surface area contributed by atoms with Crippen LogP contribution in [0.5, 0.6) is 0 Å². The fourth-order valence-corrected chi connectivity index (χ4v) is 3.45. The number of aliphatic carboxylic acids is 1. The monoisotopic (exact) mass is 282 g/mol. The van der Waals surface area contributed by atoms with Crippen LogP contribution in [0.3, 0.4) is 0 Å². The van der Waals surface area contributed by atoms with Gasteiger partial charge in [0.1, 0.15) is 0 Å². The molecule has 1 amide bonds. The standard InChI is InChI=1S/C15H26N2O3/c1-2-5-15(14(19)20)6-10-16(11-7-15)12-13(18)17-8-3-4-9-17/h2-12H2,1H3,(H,19,20). The minimum Gasteiger partial charge on any atom is -0.481 e. The Morgan fingerprint density at radius 1 is 1.10 bits per heavy atom. The molecule has 2 aliphatic heterocycles. The highest BCUT2D eigenvalue weighted by Crippen LogP contribution is 2.36. The summed E-state index contributed by atoms with van der Waals surface area (Å²) in [5, 5.41) is 9.47. The van der Waals surface area contributed by atoms with Gasteiger partial charge in [-0.1, -0.05) is 13.3 Å². The van der Waals surface area contributed by atoms with Gasteiger partial charge >= 0.3 is 5.97 Å². The third-order valence-corrected chi connectivity index (χ3v) is 4.81. The van der Waals surface area contributed by atoms with Crippen molar-refractivity contribution in [2.45, 2.75) is 45.4 Å². The number of piperidine rings is 1. The van der Waals surface area contributed by atoms with Crippen molar-refractivity contribution in [1.82, 2.24) is 9.80 Å². The first-order valence-corrected chi connectivity index (χ1v) is 7.81. The maximum Gasteiger partial charge on any atom is 0.309 e. The molecular weight excluding hydrogens is 256 g/mol. The second-order valence-corrected chi connectivity index (χ2v) is 6.20. The van der Waals surface area contributed by atoms with Crippen molar-refractivity contribution in [2.24, 2.45) is 5.41 Å². The van der Waals surface area contributed by atoms with Crippen molar-refractivity contribution in [2.75, 3.05) is 32.7 Å². The predicted octanol–water partition coefficient (Wildman–Crippen LogP) is 1.58. The molecule has 0 aromatic carbocycles. The van der Waals surface area contributed by atoms with E-state index < -0.39 is 11.4 Å². The van der Waals surface area contributed by atoms with Gasteiger partial charge in [0.15, 0.2) is 0 Å². The van der Waals surface area contributed by atoms with Crippen molar-refractivity contribution in [3.63, 3.8) is 0 Å². The van der Waals surface area contributed by atoms with Gasteiger partial charge in [-0.05, 0) is 45.2 Å². The Morgan fingerprint density at radius 3 is 2.20 bits per heavy atom. The summed E-state index contributed by atoms with van der Waals surface area (Å²) < 4.78 is 0. The summed E-state index contributed by atoms with van der Waals surface area (Å²) in [5.41, 5.74) is -0.554. The molecule has 2 saturated heterocycles. The lowest BCUT2D eigenvalue weighted by molar-refractivity contribution is -0.153. The summed E-state index contributed by atoms with van der Waals surface area (Å²) >= 11 is 0. The fraction of sp³-hybridized carbons (Fsp3) is 0.867. The van der Waals surface area contributed by atoms with E-state index in [0.29, 0.717) is 19.4 Å². The van der Waals surface area contributed by atoms with Crippen molar-refractivity contribution >= 4 is 11.9 Å². The molecule has 0 unspecified atom stereocenters. The molecule has 2 fully saturated rings. The molecule has 114 valence electrons. The number of likely N-dealkylation sites (tertiary alicyclic amines) is 2. The molecule has 5 nitrogen and oxygen atoms in total. The van der Waals surface area contributed by atoms with Crippen LogP contribution in [0.15, 0.2) is 0 Å². The van der Waals surface area contributed by atoms with Gasteiger partial charge in [0, 0.05) is 13.1 Å². The largest absolute Gasteiger partial charge is 0.481 e. The number of hydrogen-bond donors (Lipinski definition) is 1. The molecule has 2 rings (SSSR count). The average Bonchev–Trinajstić information content (AvgIpc) is 2.95. The zero-order valence-corrected chi connectivity index (χ0v) is 12.4. The van der Waals surface area contributed by atoms with Gasteiger partial charge < -0.3 is 10.0 Å². The third-order valence-electron chi connectivity index (χ3n) is 4.81. The third kappa shape index (κ3) is 3.32. The van der Waals surface area contributed by atoms with Gasteiger partial charge in [0.2, 0.25) is 5.91 Å². The quantitative estimate of drug-likeness (QED) is 0.831. The Morgan fingerprint density at radius 2 is 1.70 bits per heavy atom. The lowest BCUT2D eigenvalue weighted by Crippen LogP contribution is -2.47. The number of nitrogens with zero attached hydrogens (tertiary/aromatic N) is 2. The Labute approximate surface area is 120 Å². The highest BCUT2D eigenvalue weighted by Gasteiger charge is 2.40. The maximum atomic E-state index is 12.1. The number of carboxylic acids is 1. The lowest BCUT2D eigenvalue weighted by Gasteiger charge is -2.39. The van der Waals surface area contributed by atoms with Gasteiger partial charge in [-0.25, -0.2) is 0 Å². The van der Waals surface area contributed by atoms with E-state index in [9.17, 15) is 14.7 Å². The number of amides is 1. The fourth-order valence-electron chi connectivity index (χ4n) is 3.45. The van der Waals surface area contributed by atoms with Crippen LogP contribution in [0.2, 0.25) is 0 Å². The van der Waals surface area contributed by atoms with Crippen LogP contribution < -0.4 is 0 Å². The topological polar surface area (TPSA) is 60.9 Å². The van der Waals surface area contributed by atoms with E-state index >= 15 is 0 Å². The van der Waals surface area contributed by atoms with Crippen LogP contribution in [-0.2, 0) is 9.59 Å². The van der Waals surface area contributed by atoms with Crippen LogP contribution in [0, 0.1) is 5.41 Å².